The number of halogens is 2. The second-order valence-corrected chi connectivity index (χ2v) is 7.25. The van der Waals surface area contributed by atoms with Crippen molar-refractivity contribution in [3.63, 3.8) is 0 Å². The van der Waals surface area contributed by atoms with Gasteiger partial charge in [-0.3, -0.25) is 4.79 Å². The maximum Gasteiger partial charge on any atom is 0.256 e. The lowest BCUT2D eigenvalue weighted by Crippen LogP contribution is -2.23. The van der Waals surface area contributed by atoms with E-state index in [1.807, 2.05) is 24.3 Å². The first-order valence-electron chi connectivity index (χ1n) is 7.24. The highest BCUT2D eigenvalue weighted by Gasteiger charge is 2.17. The number of aromatic hydroxyl groups is 1. The Hall–Kier alpha value is -1.71. The van der Waals surface area contributed by atoms with Gasteiger partial charge in [-0.25, -0.2) is 0 Å². The van der Waals surface area contributed by atoms with Gasteiger partial charge in [-0.2, -0.15) is 0 Å². The molecule has 0 radical (unpaired) electrons. The van der Waals surface area contributed by atoms with E-state index in [1.165, 1.54) is 17.7 Å². The zero-order chi connectivity index (χ0) is 17.2. The summed E-state index contributed by atoms with van der Waals surface area (Å²) in [5, 5.41) is 13.0. The van der Waals surface area contributed by atoms with E-state index in [0.29, 0.717) is 6.54 Å². The summed E-state index contributed by atoms with van der Waals surface area (Å²) in [6, 6.07) is 10.8. The molecule has 1 amide bonds. The van der Waals surface area contributed by atoms with Gasteiger partial charge in [-0.05, 0) is 28.7 Å². The van der Waals surface area contributed by atoms with Crippen LogP contribution < -0.4 is 5.32 Å². The molecule has 122 valence electrons. The number of amides is 1. The third-order valence-electron chi connectivity index (χ3n) is 3.53. The van der Waals surface area contributed by atoms with Gasteiger partial charge < -0.3 is 10.4 Å². The van der Waals surface area contributed by atoms with E-state index < -0.39 is 5.91 Å². The molecule has 0 unspecified atom stereocenters. The van der Waals surface area contributed by atoms with E-state index in [-0.39, 0.29) is 26.8 Å². The number of hydrogen-bond donors (Lipinski definition) is 2. The Morgan fingerprint density at radius 3 is 2.26 bits per heavy atom. The molecular formula is C18H19Cl2NO2. The predicted octanol–water partition coefficient (Wildman–Crippen LogP) is 4.93. The monoisotopic (exact) mass is 351 g/mol. The zero-order valence-corrected chi connectivity index (χ0v) is 14.8. The lowest BCUT2D eigenvalue weighted by molar-refractivity contribution is 0.0948. The van der Waals surface area contributed by atoms with E-state index in [0.717, 1.165) is 5.56 Å². The fourth-order valence-electron chi connectivity index (χ4n) is 2.18. The molecule has 0 heterocycles. The van der Waals surface area contributed by atoms with Gasteiger partial charge in [-0.1, -0.05) is 68.2 Å². The van der Waals surface area contributed by atoms with Crippen LogP contribution >= 0.6 is 23.2 Å². The van der Waals surface area contributed by atoms with Gasteiger partial charge in [-0.15, -0.1) is 0 Å². The molecular weight excluding hydrogens is 333 g/mol. The van der Waals surface area contributed by atoms with Crippen molar-refractivity contribution in [1.29, 1.82) is 0 Å². The van der Waals surface area contributed by atoms with Crippen LogP contribution in [0.15, 0.2) is 36.4 Å². The lowest BCUT2D eigenvalue weighted by atomic mass is 9.87. The molecule has 0 saturated carbocycles. The fourth-order valence-corrected chi connectivity index (χ4v) is 2.75. The Bertz CT molecular complexity index is 696. The van der Waals surface area contributed by atoms with Crippen molar-refractivity contribution in [1.82, 2.24) is 5.32 Å². The summed E-state index contributed by atoms with van der Waals surface area (Å²) in [4.78, 5) is 12.2. The predicted molar refractivity (Wildman–Crippen MR) is 94.4 cm³/mol. The van der Waals surface area contributed by atoms with Crippen LogP contribution in [0.5, 0.6) is 5.75 Å². The number of hydrogen-bond acceptors (Lipinski definition) is 2. The molecule has 0 aliphatic carbocycles. The van der Waals surface area contributed by atoms with E-state index >= 15 is 0 Å². The highest BCUT2D eigenvalue weighted by atomic mass is 35.5. The summed E-state index contributed by atoms with van der Waals surface area (Å²) in [6.45, 7) is 6.79. The van der Waals surface area contributed by atoms with Gasteiger partial charge in [0.25, 0.3) is 5.91 Å². The van der Waals surface area contributed by atoms with Gasteiger partial charge in [0.15, 0.2) is 0 Å². The molecule has 2 aromatic rings. The average Bonchev–Trinajstić information content (AvgIpc) is 2.43. The van der Waals surface area contributed by atoms with Crippen molar-refractivity contribution in [3.8, 4) is 5.75 Å². The SMILES string of the molecule is CC(C)(C)c1ccc(CNC(=O)c2c(O)cc(Cl)cc2Cl)cc1. The number of nitrogens with one attached hydrogen (secondary N) is 1. The van der Waals surface area contributed by atoms with E-state index in [4.69, 9.17) is 23.2 Å². The quantitative estimate of drug-likeness (QED) is 0.823. The normalized spacial score (nSPS) is 11.3. The van der Waals surface area contributed by atoms with E-state index in [9.17, 15) is 9.90 Å². The van der Waals surface area contributed by atoms with Gasteiger partial charge >= 0.3 is 0 Å². The Morgan fingerprint density at radius 2 is 1.74 bits per heavy atom. The number of phenols is 1. The van der Waals surface area contributed by atoms with Crippen LogP contribution in [0, 0.1) is 0 Å². The minimum atomic E-state index is -0.441. The standard InChI is InChI=1S/C18H19Cl2NO2/c1-18(2,3)12-6-4-11(5-7-12)10-21-17(23)16-14(20)8-13(19)9-15(16)22/h4-9,22H,10H2,1-3H3,(H,21,23). The van der Waals surface area contributed by atoms with Crippen LogP contribution in [0.2, 0.25) is 10.0 Å². The number of phenolic OH excluding ortho intramolecular Hbond substituents is 1. The number of benzene rings is 2. The Balaban J connectivity index is 2.08. The molecule has 0 spiro atoms. The van der Waals surface area contributed by atoms with Crippen molar-refractivity contribution in [3.05, 3.63) is 63.1 Å². The van der Waals surface area contributed by atoms with Crippen LogP contribution in [-0.2, 0) is 12.0 Å². The van der Waals surface area contributed by atoms with Crippen molar-refractivity contribution < 1.29 is 9.90 Å². The first kappa shape index (κ1) is 17.6. The molecule has 0 aromatic heterocycles. The van der Waals surface area contributed by atoms with Gasteiger partial charge in [0.2, 0.25) is 0 Å². The second kappa shape index (κ2) is 6.81. The van der Waals surface area contributed by atoms with Crippen molar-refractivity contribution in [2.24, 2.45) is 0 Å². The van der Waals surface area contributed by atoms with Gasteiger partial charge in [0, 0.05) is 11.6 Å². The van der Waals surface area contributed by atoms with E-state index in [2.05, 4.69) is 26.1 Å². The molecule has 0 aliphatic rings. The van der Waals surface area contributed by atoms with Crippen molar-refractivity contribution in [2.75, 3.05) is 0 Å². The zero-order valence-electron chi connectivity index (χ0n) is 13.3. The Labute approximate surface area is 146 Å². The minimum absolute atomic E-state index is 0.0300. The third kappa shape index (κ3) is 4.40. The van der Waals surface area contributed by atoms with Crippen molar-refractivity contribution >= 4 is 29.1 Å². The molecule has 0 aliphatic heterocycles. The summed E-state index contributed by atoms with van der Waals surface area (Å²) >= 11 is 11.8. The molecule has 0 atom stereocenters. The molecule has 3 nitrogen and oxygen atoms in total. The third-order valence-corrected chi connectivity index (χ3v) is 4.05. The van der Waals surface area contributed by atoms with Crippen LogP contribution in [0.3, 0.4) is 0 Å². The molecule has 5 heteroatoms. The average molecular weight is 352 g/mol. The molecule has 0 fully saturated rings. The largest absolute Gasteiger partial charge is 0.507 e. The topological polar surface area (TPSA) is 49.3 Å². The van der Waals surface area contributed by atoms with Crippen LogP contribution in [0.25, 0.3) is 0 Å². The summed E-state index contributed by atoms with van der Waals surface area (Å²) in [7, 11) is 0. The molecule has 0 bridgehead atoms. The second-order valence-electron chi connectivity index (χ2n) is 6.41. The molecule has 0 saturated heterocycles. The first-order chi connectivity index (χ1) is 10.7. The summed E-state index contributed by atoms with van der Waals surface area (Å²) < 4.78 is 0. The summed E-state index contributed by atoms with van der Waals surface area (Å²) in [5.74, 6) is -0.674. The molecule has 2 aromatic carbocycles. The van der Waals surface area contributed by atoms with Gasteiger partial charge in [0.1, 0.15) is 5.75 Å². The van der Waals surface area contributed by atoms with Crippen LogP contribution in [0.1, 0.15) is 42.3 Å². The highest BCUT2D eigenvalue weighted by Crippen LogP contribution is 2.30. The highest BCUT2D eigenvalue weighted by molar-refractivity contribution is 6.37. The molecule has 2 rings (SSSR count). The summed E-state index contributed by atoms with van der Waals surface area (Å²) in [5.41, 5.74) is 2.31. The molecule has 2 N–H and O–H groups in total. The smallest absolute Gasteiger partial charge is 0.256 e. The Morgan fingerprint density at radius 1 is 1.13 bits per heavy atom. The maximum atomic E-state index is 12.2. The summed E-state index contributed by atoms with van der Waals surface area (Å²) in [6.07, 6.45) is 0. The minimum Gasteiger partial charge on any atom is -0.507 e. The maximum absolute atomic E-state index is 12.2. The lowest BCUT2D eigenvalue weighted by Gasteiger charge is -2.19. The fraction of sp³-hybridized carbons (Fsp3) is 0.278. The van der Waals surface area contributed by atoms with E-state index in [1.54, 1.807) is 0 Å². The van der Waals surface area contributed by atoms with Crippen LogP contribution in [-0.4, -0.2) is 11.0 Å². The number of carbonyl (C=O) groups is 1. The van der Waals surface area contributed by atoms with Crippen molar-refractivity contribution in [2.45, 2.75) is 32.7 Å². The Kier molecular flexibility index (Phi) is 5.23. The number of carbonyl (C=O) groups excluding carboxylic acids is 1. The van der Waals surface area contributed by atoms with Gasteiger partial charge in [0.05, 0.1) is 10.6 Å². The first-order valence-corrected chi connectivity index (χ1v) is 7.99. The van der Waals surface area contributed by atoms with Crippen LogP contribution in [0.4, 0.5) is 0 Å². The number of rotatable bonds is 3. The molecule has 23 heavy (non-hydrogen) atoms.